The molecular weight excluding hydrogens is 268 g/mol. The van der Waals surface area contributed by atoms with Gasteiger partial charge in [0.2, 0.25) is 0 Å². The third-order valence-electron chi connectivity index (χ3n) is 4.36. The van der Waals surface area contributed by atoms with Crippen LogP contribution in [0, 0.1) is 5.92 Å². The maximum Gasteiger partial charge on any atom is 0.134 e. The van der Waals surface area contributed by atoms with Crippen molar-refractivity contribution >= 4 is 22.8 Å². The summed E-state index contributed by atoms with van der Waals surface area (Å²) < 4.78 is 0. The van der Waals surface area contributed by atoms with Gasteiger partial charge in [-0.15, -0.1) is 0 Å². The Kier molecular flexibility index (Phi) is 4.77. The van der Waals surface area contributed by atoms with Crippen LogP contribution in [-0.4, -0.2) is 11.0 Å². The minimum Gasteiger partial charge on any atom is -0.367 e. The lowest BCUT2D eigenvalue weighted by Gasteiger charge is -2.24. The van der Waals surface area contributed by atoms with E-state index in [0.717, 1.165) is 11.3 Å². The van der Waals surface area contributed by atoms with Crippen molar-refractivity contribution in [2.75, 3.05) is 5.32 Å². The molecule has 0 radical (unpaired) electrons. The van der Waals surface area contributed by atoms with Gasteiger partial charge >= 0.3 is 0 Å². The van der Waals surface area contributed by atoms with E-state index in [4.69, 9.17) is 4.98 Å². The van der Waals surface area contributed by atoms with Crippen molar-refractivity contribution < 1.29 is 0 Å². The highest BCUT2D eigenvalue weighted by Gasteiger charge is 2.15. The summed E-state index contributed by atoms with van der Waals surface area (Å²) in [6.45, 7) is 4.42. The molecule has 1 saturated carbocycles. The second kappa shape index (κ2) is 6.95. The molecule has 0 bridgehead atoms. The van der Waals surface area contributed by atoms with Crippen LogP contribution < -0.4 is 5.32 Å². The van der Waals surface area contributed by atoms with Crippen LogP contribution in [0.15, 0.2) is 36.4 Å². The van der Waals surface area contributed by atoms with Crippen molar-refractivity contribution in [3.63, 3.8) is 0 Å². The van der Waals surface area contributed by atoms with Crippen LogP contribution in [0.2, 0.25) is 0 Å². The van der Waals surface area contributed by atoms with Crippen LogP contribution in [0.4, 0.5) is 5.82 Å². The van der Waals surface area contributed by atoms with Crippen LogP contribution in [0.1, 0.15) is 51.5 Å². The van der Waals surface area contributed by atoms with Crippen molar-refractivity contribution in [1.29, 1.82) is 0 Å². The molecule has 1 heterocycles. The third kappa shape index (κ3) is 3.68. The number of aromatic nitrogens is 1. The van der Waals surface area contributed by atoms with Crippen molar-refractivity contribution in [2.24, 2.45) is 5.92 Å². The van der Waals surface area contributed by atoms with Crippen molar-refractivity contribution in [2.45, 2.75) is 52.0 Å². The fourth-order valence-electron chi connectivity index (χ4n) is 3.11. The summed E-state index contributed by atoms with van der Waals surface area (Å²) in [6, 6.07) is 11.2. The van der Waals surface area contributed by atoms with Gasteiger partial charge in [0.05, 0.1) is 5.52 Å². The van der Waals surface area contributed by atoms with Gasteiger partial charge in [0.1, 0.15) is 5.82 Å². The minimum atomic E-state index is 0.550. The molecule has 0 spiro atoms. The molecule has 0 unspecified atom stereocenters. The fourth-order valence-corrected chi connectivity index (χ4v) is 3.11. The SMILES string of the molecule is CC(C)/C=C\c1cc2ccccc2nc1NC1CCCCC1. The molecule has 1 aliphatic rings. The molecule has 0 amide bonds. The van der Waals surface area contributed by atoms with Crippen molar-refractivity contribution in [1.82, 2.24) is 4.98 Å². The van der Waals surface area contributed by atoms with E-state index in [1.807, 2.05) is 0 Å². The van der Waals surface area contributed by atoms with Crippen LogP contribution in [-0.2, 0) is 0 Å². The molecule has 2 aromatic rings. The molecular formula is C20H26N2. The largest absolute Gasteiger partial charge is 0.367 e. The van der Waals surface area contributed by atoms with Gasteiger partial charge in [0.15, 0.2) is 0 Å². The molecule has 0 atom stereocenters. The van der Waals surface area contributed by atoms with Gasteiger partial charge < -0.3 is 5.32 Å². The minimum absolute atomic E-state index is 0.550. The Morgan fingerprint density at radius 1 is 1.14 bits per heavy atom. The predicted octanol–water partition coefficient (Wildman–Crippen LogP) is 5.65. The van der Waals surface area contributed by atoms with E-state index in [1.54, 1.807) is 0 Å². The molecule has 1 aliphatic carbocycles. The van der Waals surface area contributed by atoms with E-state index < -0.39 is 0 Å². The zero-order valence-electron chi connectivity index (χ0n) is 13.7. The number of hydrogen-bond acceptors (Lipinski definition) is 2. The molecule has 0 aliphatic heterocycles. The second-order valence-electron chi connectivity index (χ2n) is 6.70. The molecule has 1 fully saturated rings. The van der Waals surface area contributed by atoms with Gasteiger partial charge in [-0.25, -0.2) is 4.98 Å². The van der Waals surface area contributed by atoms with E-state index in [9.17, 15) is 0 Å². The van der Waals surface area contributed by atoms with E-state index in [1.165, 1.54) is 43.1 Å². The van der Waals surface area contributed by atoms with Crippen molar-refractivity contribution in [3.05, 3.63) is 42.0 Å². The van der Waals surface area contributed by atoms with Crippen LogP contribution in [0.3, 0.4) is 0 Å². The topological polar surface area (TPSA) is 24.9 Å². The Morgan fingerprint density at radius 3 is 2.68 bits per heavy atom. The summed E-state index contributed by atoms with van der Waals surface area (Å²) in [6.07, 6.45) is 11.0. The number of para-hydroxylation sites is 1. The third-order valence-corrected chi connectivity index (χ3v) is 4.36. The van der Waals surface area contributed by atoms with Crippen molar-refractivity contribution in [3.8, 4) is 0 Å². The van der Waals surface area contributed by atoms with E-state index >= 15 is 0 Å². The summed E-state index contributed by atoms with van der Waals surface area (Å²) >= 11 is 0. The number of anilines is 1. The van der Waals surface area contributed by atoms with Gasteiger partial charge in [0.25, 0.3) is 0 Å². The number of nitrogens with one attached hydrogen (secondary N) is 1. The highest BCUT2D eigenvalue weighted by Crippen LogP contribution is 2.26. The number of fused-ring (bicyclic) bond motifs is 1. The first-order valence-corrected chi connectivity index (χ1v) is 8.57. The van der Waals surface area contributed by atoms with E-state index in [2.05, 4.69) is 61.6 Å². The van der Waals surface area contributed by atoms with E-state index in [-0.39, 0.29) is 0 Å². The predicted molar refractivity (Wildman–Crippen MR) is 96.1 cm³/mol. The number of rotatable bonds is 4. The lowest BCUT2D eigenvalue weighted by molar-refractivity contribution is 0.462. The Labute approximate surface area is 133 Å². The van der Waals surface area contributed by atoms with Crippen LogP contribution >= 0.6 is 0 Å². The van der Waals surface area contributed by atoms with Gasteiger partial charge in [0, 0.05) is 17.0 Å². The van der Waals surface area contributed by atoms with Gasteiger partial charge in [-0.3, -0.25) is 0 Å². The normalized spacial score (nSPS) is 16.7. The number of benzene rings is 1. The quantitative estimate of drug-likeness (QED) is 0.788. The zero-order chi connectivity index (χ0) is 15.4. The highest BCUT2D eigenvalue weighted by atomic mass is 15.0. The molecule has 116 valence electrons. The molecule has 1 aromatic carbocycles. The first-order valence-electron chi connectivity index (χ1n) is 8.57. The van der Waals surface area contributed by atoms with Crippen LogP contribution in [0.25, 0.3) is 17.0 Å². The average Bonchev–Trinajstić information content (AvgIpc) is 2.53. The van der Waals surface area contributed by atoms with Gasteiger partial charge in [-0.05, 0) is 30.9 Å². The van der Waals surface area contributed by atoms with E-state index in [0.29, 0.717) is 12.0 Å². The molecule has 1 N–H and O–H groups in total. The molecule has 2 heteroatoms. The number of nitrogens with zero attached hydrogens (tertiary/aromatic N) is 1. The Balaban J connectivity index is 1.94. The summed E-state index contributed by atoms with van der Waals surface area (Å²) in [5.41, 5.74) is 2.28. The van der Waals surface area contributed by atoms with Crippen LogP contribution in [0.5, 0.6) is 0 Å². The lowest BCUT2D eigenvalue weighted by Crippen LogP contribution is -2.23. The first kappa shape index (κ1) is 15.1. The maximum absolute atomic E-state index is 4.88. The molecule has 1 aromatic heterocycles. The summed E-state index contributed by atoms with van der Waals surface area (Å²) in [5.74, 6) is 1.59. The maximum atomic E-state index is 4.88. The molecule has 2 nitrogen and oxygen atoms in total. The molecule has 3 rings (SSSR count). The Hall–Kier alpha value is -1.83. The second-order valence-corrected chi connectivity index (χ2v) is 6.70. The Morgan fingerprint density at radius 2 is 1.91 bits per heavy atom. The standard InChI is InChI=1S/C20H26N2/c1-15(2)12-13-17-14-16-8-6-7-11-19(16)22-20(17)21-18-9-4-3-5-10-18/h6-8,11-15,18H,3-5,9-10H2,1-2H3,(H,21,22)/b13-12-. The number of allylic oxidation sites excluding steroid dienone is 1. The van der Waals surface area contributed by atoms with Gasteiger partial charge in [-0.1, -0.05) is 63.5 Å². The summed E-state index contributed by atoms with van der Waals surface area (Å²) in [4.78, 5) is 4.88. The monoisotopic (exact) mass is 294 g/mol. The summed E-state index contributed by atoms with van der Waals surface area (Å²) in [5, 5.41) is 4.91. The lowest BCUT2D eigenvalue weighted by atomic mass is 9.95. The number of pyridine rings is 1. The number of hydrogen-bond donors (Lipinski definition) is 1. The highest BCUT2D eigenvalue weighted by molar-refractivity contribution is 5.84. The van der Waals surface area contributed by atoms with Gasteiger partial charge in [-0.2, -0.15) is 0 Å². The smallest absolute Gasteiger partial charge is 0.134 e. The Bertz CT molecular complexity index is 652. The first-order chi connectivity index (χ1) is 10.7. The molecule has 22 heavy (non-hydrogen) atoms. The average molecular weight is 294 g/mol. The molecule has 0 saturated heterocycles. The zero-order valence-corrected chi connectivity index (χ0v) is 13.7. The summed E-state index contributed by atoms with van der Waals surface area (Å²) in [7, 11) is 0. The fraction of sp³-hybridized carbons (Fsp3) is 0.450.